The van der Waals surface area contributed by atoms with Crippen molar-refractivity contribution >= 4 is 17.7 Å². The zero-order valence-electron chi connectivity index (χ0n) is 11.0. The third-order valence-electron chi connectivity index (χ3n) is 3.08. The first-order valence-corrected chi connectivity index (χ1v) is 7.26. The second kappa shape index (κ2) is 7.24. The molecule has 0 aliphatic heterocycles. The van der Waals surface area contributed by atoms with Gasteiger partial charge in [0.25, 0.3) is 0 Å². The largest absolute Gasteiger partial charge is 0.468 e. The second-order valence-corrected chi connectivity index (χ2v) is 5.42. The molecule has 1 rings (SSSR count). The van der Waals surface area contributed by atoms with E-state index in [1.54, 1.807) is 18.9 Å². The number of ether oxygens (including phenoxy) is 2. The summed E-state index contributed by atoms with van der Waals surface area (Å²) in [6.45, 7) is 3.54. The molecule has 17 heavy (non-hydrogen) atoms. The van der Waals surface area contributed by atoms with E-state index in [1.165, 1.54) is 7.11 Å². The van der Waals surface area contributed by atoms with Crippen molar-refractivity contribution in [2.24, 2.45) is 5.92 Å². The van der Waals surface area contributed by atoms with Crippen LogP contribution in [0.4, 0.5) is 0 Å². The molecule has 1 atom stereocenters. The van der Waals surface area contributed by atoms with Crippen LogP contribution >= 0.6 is 11.8 Å². The Morgan fingerprint density at radius 1 is 1.47 bits per heavy atom. The minimum atomic E-state index is -0.484. The Balaban J connectivity index is 2.58. The van der Waals surface area contributed by atoms with E-state index in [1.807, 2.05) is 6.92 Å². The number of hydrogen-bond acceptors (Lipinski definition) is 5. The maximum Gasteiger partial charge on any atom is 0.327 e. The van der Waals surface area contributed by atoms with Gasteiger partial charge in [-0.25, -0.2) is 0 Å². The van der Waals surface area contributed by atoms with Gasteiger partial charge >= 0.3 is 5.97 Å². The first kappa shape index (κ1) is 14.8. The van der Waals surface area contributed by atoms with Gasteiger partial charge in [0.1, 0.15) is 5.54 Å². The van der Waals surface area contributed by atoms with E-state index >= 15 is 0 Å². The molecule has 1 aliphatic carbocycles. The van der Waals surface area contributed by atoms with Crippen molar-refractivity contribution in [2.75, 3.05) is 38.9 Å². The van der Waals surface area contributed by atoms with Crippen molar-refractivity contribution in [1.29, 1.82) is 0 Å². The minimum Gasteiger partial charge on any atom is -0.468 e. The van der Waals surface area contributed by atoms with Crippen molar-refractivity contribution < 1.29 is 14.3 Å². The summed E-state index contributed by atoms with van der Waals surface area (Å²) in [5.74, 6) is 1.99. The molecule has 0 radical (unpaired) electrons. The lowest BCUT2D eigenvalue weighted by atomic mass is 9.95. The Morgan fingerprint density at radius 3 is 2.65 bits per heavy atom. The molecule has 0 spiro atoms. The molecule has 0 saturated heterocycles. The number of hydrogen-bond donors (Lipinski definition) is 1. The van der Waals surface area contributed by atoms with E-state index in [4.69, 9.17) is 9.47 Å². The molecular formula is C12H23NO3S. The molecule has 0 heterocycles. The van der Waals surface area contributed by atoms with Crippen molar-refractivity contribution in [3.63, 3.8) is 0 Å². The SMILES string of the molecule is CCNC(CSCCOC)(C(=O)OC)C1CC1. The lowest BCUT2D eigenvalue weighted by Gasteiger charge is -2.31. The molecule has 0 aromatic heterocycles. The molecule has 100 valence electrons. The fraction of sp³-hybridized carbons (Fsp3) is 0.917. The van der Waals surface area contributed by atoms with Crippen LogP contribution in [-0.2, 0) is 14.3 Å². The number of likely N-dealkylation sites (N-methyl/N-ethyl adjacent to an activating group) is 1. The molecule has 1 saturated carbocycles. The highest BCUT2D eigenvalue weighted by Crippen LogP contribution is 2.42. The van der Waals surface area contributed by atoms with Gasteiger partial charge in [0, 0.05) is 18.6 Å². The van der Waals surface area contributed by atoms with E-state index in [-0.39, 0.29) is 5.97 Å². The summed E-state index contributed by atoms with van der Waals surface area (Å²) < 4.78 is 10.0. The molecule has 1 N–H and O–H groups in total. The molecule has 0 aromatic carbocycles. The van der Waals surface area contributed by atoms with Gasteiger partial charge in [-0.15, -0.1) is 0 Å². The molecule has 1 fully saturated rings. The number of carbonyl (C=O) groups excluding carboxylic acids is 1. The number of thioether (sulfide) groups is 1. The average Bonchev–Trinajstić information content (AvgIpc) is 3.16. The lowest BCUT2D eigenvalue weighted by Crippen LogP contribution is -2.56. The Labute approximate surface area is 108 Å². The van der Waals surface area contributed by atoms with Crippen molar-refractivity contribution in [3.8, 4) is 0 Å². The third kappa shape index (κ3) is 3.86. The van der Waals surface area contributed by atoms with E-state index in [9.17, 15) is 4.79 Å². The predicted molar refractivity (Wildman–Crippen MR) is 70.3 cm³/mol. The summed E-state index contributed by atoms with van der Waals surface area (Å²) in [4.78, 5) is 12.0. The smallest absolute Gasteiger partial charge is 0.327 e. The highest BCUT2D eigenvalue weighted by molar-refractivity contribution is 7.99. The summed E-state index contributed by atoms with van der Waals surface area (Å²) in [6.07, 6.45) is 2.24. The zero-order valence-corrected chi connectivity index (χ0v) is 11.8. The molecule has 0 bridgehead atoms. The molecule has 5 heteroatoms. The molecule has 0 amide bonds. The summed E-state index contributed by atoms with van der Waals surface area (Å²) in [6, 6.07) is 0. The van der Waals surface area contributed by atoms with Gasteiger partial charge in [-0.2, -0.15) is 11.8 Å². The molecule has 1 aliphatic rings. The number of carbonyl (C=O) groups is 1. The van der Waals surface area contributed by atoms with Crippen LogP contribution in [0.5, 0.6) is 0 Å². The van der Waals surface area contributed by atoms with Crippen LogP contribution < -0.4 is 5.32 Å². The van der Waals surface area contributed by atoms with E-state index < -0.39 is 5.54 Å². The van der Waals surface area contributed by atoms with Gasteiger partial charge < -0.3 is 14.8 Å². The number of rotatable bonds is 9. The monoisotopic (exact) mass is 261 g/mol. The third-order valence-corrected chi connectivity index (χ3v) is 4.19. The van der Waals surface area contributed by atoms with Crippen molar-refractivity contribution in [3.05, 3.63) is 0 Å². The van der Waals surface area contributed by atoms with E-state index in [2.05, 4.69) is 5.32 Å². The van der Waals surface area contributed by atoms with Crippen LogP contribution in [0.3, 0.4) is 0 Å². The van der Waals surface area contributed by atoms with Crippen LogP contribution in [0, 0.1) is 5.92 Å². The predicted octanol–water partition coefficient (Wildman–Crippen LogP) is 1.30. The quantitative estimate of drug-likeness (QED) is 0.501. The highest BCUT2D eigenvalue weighted by atomic mass is 32.2. The topological polar surface area (TPSA) is 47.6 Å². The fourth-order valence-electron chi connectivity index (χ4n) is 2.06. The summed E-state index contributed by atoms with van der Waals surface area (Å²) in [5.41, 5.74) is -0.484. The van der Waals surface area contributed by atoms with Crippen LogP contribution in [0.2, 0.25) is 0 Å². The normalized spacial score (nSPS) is 18.8. The molecule has 1 unspecified atom stereocenters. The van der Waals surface area contributed by atoms with Crippen molar-refractivity contribution in [2.45, 2.75) is 25.3 Å². The molecule has 0 aromatic rings. The number of esters is 1. The van der Waals surface area contributed by atoms with Gasteiger partial charge in [-0.3, -0.25) is 4.79 Å². The Kier molecular flexibility index (Phi) is 6.30. The molecule has 4 nitrogen and oxygen atoms in total. The van der Waals surface area contributed by atoms with Crippen LogP contribution in [0.15, 0.2) is 0 Å². The highest BCUT2D eigenvalue weighted by Gasteiger charge is 2.51. The fourth-order valence-corrected chi connectivity index (χ4v) is 3.27. The van der Waals surface area contributed by atoms with Gasteiger partial charge in [-0.05, 0) is 25.3 Å². The Morgan fingerprint density at radius 2 is 2.18 bits per heavy atom. The number of methoxy groups -OCH3 is 2. The average molecular weight is 261 g/mol. The van der Waals surface area contributed by atoms with E-state index in [0.29, 0.717) is 5.92 Å². The Bertz CT molecular complexity index is 246. The first-order valence-electron chi connectivity index (χ1n) is 6.11. The molecular weight excluding hydrogens is 238 g/mol. The van der Waals surface area contributed by atoms with Gasteiger partial charge in [-0.1, -0.05) is 6.92 Å². The second-order valence-electron chi connectivity index (χ2n) is 4.31. The summed E-state index contributed by atoms with van der Waals surface area (Å²) >= 11 is 1.75. The standard InChI is InChI=1S/C12H23NO3S/c1-4-13-12(10-5-6-10,11(14)16-3)9-17-8-7-15-2/h10,13H,4-9H2,1-3H3. The van der Waals surface area contributed by atoms with Crippen LogP contribution in [-0.4, -0.2) is 50.4 Å². The van der Waals surface area contributed by atoms with Crippen molar-refractivity contribution in [1.82, 2.24) is 5.32 Å². The maximum absolute atomic E-state index is 12.0. The number of nitrogens with one attached hydrogen (secondary N) is 1. The van der Waals surface area contributed by atoms with Gasteiger partial charge in [0.2, 0.25) is 0 Å². The minimum absolute atomic E-state index is 0.119. The zero-order chi connectivity index (χ0) is 12.7. The summed E-state index contributed by atoms with van der Waals surface area (Å²) in [5, 5.41) is 3.35. The van der Waals surface area contributed by atoms with Gasteiger partial charge in [0.15, 0.2) is 0 Å². The first-order chi connectivity index (χ1) is 8.21. The maximum atomic E-state index is 12.0. The summed E-state index contributed by atoms with van der Waals surface area (Å²) in [7, 11) is 3.16. The van der Waals surface area contributed by atoms with Gasteiger partial charge in [0.05, 0.1) is 13.7 Å². The lowest BCUT2D eigenvalue weighted by molar-refractivity contribution is -0.148. The Hall–Kier alpha value is -0.260. The van der Waals surface area contributed by atoms with Crippen LogP contribution in [0.25, 0.3) is 0 Å². The van der Waals surface area contributed by atoms with E-state index in [0.717, 1.165) is 37.5 Å². The van der Waals surface area contributed by atoms with Crippen LogP contribution in [0.1, 0.15) is 19.8 Å².